The molecule has 17 heavy (non-hydrogen) atoms. The Morgan fingerprint density at radius 3 is 2.41 bits per heavy atom. The van der Waals surface area contributed by atoms with E-state index in [1.54, 1.807) is 0 Å². The Labute approximate surface area is 106 Å². The molecule has 2 heteroatoms. The van der Waals surface area contributed by atoms with Gasteiger partial charge in [-0.05, 0) is 58.7 Å². The van der Waals surface area contributed by atoms with Gasteiger partial charge in [0, 0.05) is 11.6 Å². The Balaban J connectivity index is 2.10. The second-order valence-corrected chi connectivity index (χ2v) is 5.71. The zero-order chi connectivity index (χ0) is 12.1. The van der Waals surface area contributed by atoms with Gasteiger partial charge >= 0.3 is 0 Å². The maximum atomic E-state index is 3.87. The minimum Gasteiger partial charge on any atom is -0.315 e. The van der Waals surface area contributed by atoms with Crippen molar-refractivity contribution < 1.29 is 0 Å². The molecule has 1 atom stereocenters. The highest BCUT2D eigenvalue weighted by molar-refractivity contribution is 5.04. The Hall–Kier alpha value is -0.340. The Morgan fingerprint density at radius 2 is 1.88 bits per heavy atom. The molecule has 2 rings (SSSR count). The smallest absolute Gasteiger partial charge is 0.0362 e. The van der Waals surface area contributed by atoms with E-state index in [-0.39, 0.29) is 0 Å². The first-order chi connectivity index (χ1) is 8.33. The van der Waals surface area contributed by atoms with E-state index in [1.807, 2.05) is 0 Å². The summed E-state index contributed by atoms with van der Waals surface area (Å²) in [6.45, 7) is 6.52. The molecule has 1 aliphatic heterocycles. The molecule has 2 fully saturated rings. The highest BCUT2D eigenvalue weighted by atomic mass is 15.2. The second-order valence-electron chi connectivity index (χ2n) is 5.71. The summed E-state index contributed by atoms with van der Waals surface area (Å²) in [6.07, 6.45) is 12.9. The third-order valence-electron chi connectivity index (χ3n) is 4.86. The third kappa shape index (κ3) is 2.58. The summed E-state index contributed by atoms with van der Waals surface area (Å²) in [7, 11) is 2.14. The summed E-state index contributed by atoms with van der Waals surface area (Å²) < 4.78 is 0. The summed E-state index contributed by atoms with van der Waals surface area (Å²) >= 11 is 0. The van der Waals surface area contributed by atoms with E-state index in [0.717, 1.165) is 6.42 Å². The highest BCUT2D eigenvalue weighted by Gasteiger charge is 2.45. The molecule has 1 unspecified atom stereocenters. The van der Waals surface area contributed by atoms with E-state index in [2.05, 4.69) is 29.9 Å². The van der Waals surface area contributed by atoms with Gasteiger partial charge in [-0.3, -0.25) is 4.90 Å². The van der Waals surface area contributed by atoms with Crippen molar-refractivity contribution >= 4 is 0 Å². The highest BCUT2D eigenvalue weighted by Crippen LogP contribution is 2.41. The summed E-state index contributed by atoms with van der Waals surface area (Å²) in [4.78, 5) is 2.80. The van der Waals surface area contributed by atoms with Gasteiger partial charge in [-0.2, -0.15) is 0 Å². The van der Waals surface area contributed by atoms with Crippen molar-refractivity contribution in [3.63, 3.8) is 0 Å². The molecule has 0 aromatic heterocycles. The summed E-state index contributed by atoms with van der Waals surface area (Å²) in [5.74, 6) is 0. The third-order valence-corrected chi connectivity index (χ3v) is 4.86. The first-order valence-corrected chi connectivity index (χ1v) is 7.37. The lowest BCUT2D eigenvalue weighted by Crippen LogP contribution is -2.58. The van der Waals surface area contributed by atoms with Crippen molar-refractivity contribution in [2.75, 3.05) is 20.1 Å². The fourth-order valence-electron chi connectivity index (χ4n) is 4.00. The van der Waals surface area contributed by atoms with E-state index >= 15 is 0 Å². The number of hydrogen-bond donors (Lipinski definition) is 1. The average Bonchev–Trinajstić information content (AvgIpc) is 3.01. The monoisotopic (exact) mass is 236 g/mol. The van der Waals surface area contributed by atoms with Crippen LogP contribution in [-0.2, 0) is 0 Å². The van der Waals surface area contributed by atoms with Crippen molar-refractivity contribution in [1.82, 2.24) is 10.2 Å². The van der Waals surface area contributed by atoms with Gasteiger partial charge in [0.05, 0.1) is 0 Å². The standard InChI is InChI=1S/C15H28N2/c1-3-4-9-14(16-2)15(10-5-6-11-15)17-12-7-8-13-17/h3,14,16H,1,4-13H2,2H3. The number of hydrogen-bond acceptors (Lipinski definition) is 2. The molecule has 0 spiro atoms. The molecule has 1 saturated heterocycles. The van der Waals surface area contributed by atoms with Crippen LogP contribution in [0, 0.1) is 0 Å². The molecule has 2 aliphatic rings. The van der Waals surface area contributed by atoms with E-state index in [4.69, 9.17) is 0 Å². The van der Waals surface area contributed by atoms with E-state index in [0.29, 0.717) is 11.6 Å². The predicted octanol–water partition coefficient (Wildman–Crippen LogP) is 2.95. The SMILES string of the molecule is C=CCCC(NC)C1(N2CCCC2)CCCC1. The molecule has 0 radical (unpaired) electrons. The molecule has 0 aromatic carbocycles. The minimum atomic E-state index is 0.467. The van der Waals surface area contributed by atoms with Gasteiger partial charge in [-0.25, -0.2) is 0 Å². The second kappa shape index (κ2) is 6.01. The fourth-order valence-corrected chi connectivity index (χ4v) is 4.00. The lowest BCUT2D eigenvalue weighted by atomic mass is 9.83. The molecule has 1 heterocycles. The Morgan fingerprint density at radius 1 is 1.24 bits per heavy atom. The Bertz CT molecular complexity index is 237. The molecule has 2 nitrogen and oxygen atoms in total. The van der Waals surface area contributed by atoms with Gasteiger partial charge in [0.1, 0.15) is 0 Å². The van der Waals surface area contributed by atoms with E-state index in [1.165, 1.54) is 58.0 Å². The van der Waals surface area contributed by atoms with Crippen LogP contribution in [0.2, 0.25) is 0 Å². The molecule has 0 aromatic rings. The molecule has 1 saturated carbocycles. The van der Waals surface area contributed by atoms with Crippen LogP contribution in [0.25, 0.3) is 0 Å². The molecule has 1 N–H and O–H groups in total. The number of rotatable bonds is 6. The maximum Gasteiger partial charge on any atom is 0.0362 e. The van der Waals surface area contributed by atoms with E-state index in [9.17, 15) is 0 Å². The van der Waals surface area contributed by atoms with Gasteiger partial charge in [0.2, 0.25) is 0 Å². The molecule has 98 valence electrons. The normalized spacial score (nSPS) is 26.2. The Kier molecular flexibility index (Phi) is 4.63. The van der Waals surface area contributed by atoms with Crippen LogP contribution in [0.5, 0.6) is 0 Å². The number of likely N-dealkylation sites (tertiary alicyclic amines) is 1. The average molecular weight is 236 g/mol. The first kappa shape index (κ1) is 13.1. The molecule has 0 bridgehead atoms. The zero-order valence-corrected chi connectivity index (χ0v) is 11.4. The molecule has 1 aliphatic carbocycles. The van der Waals surface area contributed by atoms with E-state index < -0.39 is 0 Å². The fraction of sp³-hybridized carbons (Fsp3) is 0.867. The van der Waals surface area contributed by atoms with Gasteiger partial charge in [-0.1, -0.05) is 18.9 Å². The van der Waals surface area contributed by atoms with Gasteiger partial charge in [0.25, 0.3) is 0 Å². The van der Waals surface area contributed by atoms with Gasteiger partial charge < -0.3 is 5.32 Å². The van der Waals surface area contributed by atoms with Crippen LogP contribution in [0.3, 0.4) is 0 Å². The summed E-state index contributed by atoms with van der Waals surface area (Å²) in [6, 6.07) is 0.654. The van der Waals surface area contributed by atoms with Crippen LogP contribution >= 0.6 is 0 Å². The van der Waals surface area contributed by atoms with Crippen LogP contribution < -0.4 is 5.32 Å². The number of nitrogens with one attached hydrogen (secondary N) is 1. The topological polar surface area (TPSA) is 15.3 Å². The van der Waals surface area contributed by atoms with Crippen LogP contribution in [-0.4, -0.2) is 36.6 Å². The summed E-state index contributed by atoms with van der Waals surface area (Å²) in [5.41, 5.74) is 0.467. The van der Waals surface area contributed by atoms with Crippen molar-refractivity contribution in [2.24, 2.45) is 0 Å². The van der Waals surface area contributed by atoms with Gasteiger partial charge in [-0.15, -0.1) is 6.58 Å². The van der Waals surface area contributed by atoms with Crippen molar-refractivity contribution in [3.8, 4) is 0 Å². The quantitative estimate of drug-likeness (QED) is 0.713. The van der Waals surface area contributed by atoms with Gasteiger partial charge in [0.15, 0.2) is 0 Å². The maximum absolute atomic E-state index is 3.87. The van der Waals surface area contributed by atoms with Crippen LogP contribution in [0.4, 0.5) is 0 Å². The van der Waals surface area contributed by atoms with Crippen molar-refractivity contribution in [3.05, 3.63) is 12.7 Å². The number of nitrogens with zero attached hydrogens (tertiary/aromatic N) is 1. The largest absolute Gasteiger partial charge is 0.315 e. The minimum absolute atomic E-state index is 0.467. The lowest BCUT2D eigenvalue weighted by Gasteiger charge is -2.45. The number of likely N-dealkylation sites (N-methyl/N-ethyl adjacent to an activating group) is 1. The molecular weight excluding hydrogens is 208 g/mol. The van der Waals surface area contributed by atoms with Crippen LogP contribution in [0.1, 0.15) is 51.4 Å². The summed E-state index contributed by atoms with van der Waals surface area (Å²) in [5, 5.41) is 3.61. The van der Waals surface area contributed by atoms with Crippen molar-refractivity contribution in [2.45, 2.75) is 62.9 Å². The molecule has 0 amide bonds. The first-order valence-electron chi connectivity index (χ1n) is 7.37. The predicted molar refractivity (Wildman–Crippen MR) is 74.3 cm³/mol. The lowest BCUT2D eigenvalue weighted by molar-refractivity contribution is 0.0766. The zero-order valence-electron chi connectivity index (χ0n) is 11.4. The number of allylic oxidation sites excluding steroid dienone is 1. The molecular formula is C15H28N2. The van der Waals surface area contributed by atoms with Crippen LogP contribution in [0.15, 0.2) is 12.7 Å². The van der Waals surface area contributed by atoms with Crippen molar-refractivity contribution in [1.29, 1.82) is 0 Å².